The van der Waals surface area contributed by atoms with Crippen LogP contribution in [0.4, 0.5) is 0 Å². The van der Waals surface area contributed by atoms with Crippen LogP contribution in [0.1, 0.15) is 18.7 Å². The van der Waals surface area contributed by atoms with Crippen molar-refractivity contribution < 1.29 is 18.3 Å². The highest BCUT2D eigenvalue weighted by atomic mass is 32.2. The molecule has 2 heterocycles. The minimum Gasteiger partial charge on any atom is -0.394 e. The summed E-state index contributed by atoms with van der Waals surface area (Å²) >= 11 is 0. The van der Waals surface area contributed by atoms with Gasteiger partial charge in [-0.25, -0.2) is 18.1 Å². The smallest absolute Gasteiger partial charge is 0.260 e. The van der Waals surface area contributed by atoms with Crippen molar-refractivity contribution in [2.45, 2.75) is 30.3 Å². The number of rotatable bonds is 4. The number of nitrogens with zero attached hydrogens (tertiary/aromatic N) is 2. The number of aliphatic hydroxyl groups is 1. The number of nitrogens with one attached hydrogen (secondary N) is 1. The Morgan fingerprint density at radius 3 is 2.63 bits per heavy atom. The molecule has 0 amide bonds. The van der Waals surface area contributed by atoms with E-state index in [-0.39, 0.29) is 11.6 Å². The maximum absolute atomic E-state index is 12.3. The normalized spacial score (nSPS) is 19.5. The number of hydrogen-bond acceptors (Lipinski definition) is 5. The van der Waals surface area contributed by atoms with Crippen molar-refractivity contribution in [1.82, 2.24) is 14.3 Å². The van der Waals surface area contributed by atoms with E-state index in [4.69, 9.17) is 4.74 Å². The van der Waals surface area contributed by atoms with Crippen molar-refractivity contribution in [3.8, 4) is 0 Å². The zero-order valence-electron chi connectivity index (χ0n) is 11.1. The van der Waals surface area contributed by atoms with Gasteiger partial charge in [0.1, 0.15) is 5.82 Å². The third kappa shape index (κ3) is 2.97. The van der Waals surface area contributed by atoms with Gasteiger partial charge in [-0.1, -0.05) is 0 Å². The van der Waals surface area contributed by atoms with Crippen LogP contribution in [-0.2, 0) is 21.8 Å². The van der Waals surface area contributed by atoms with Gasteiger partial charge in [-0.3, -0.25) is 0 Å². The van der Waals surface area contributed by atoms with Crippen LogP contribution in [0.25, 0.3) is 0 Å². The first kappa shape index (κ1) is 14.4. The molecule has 0 atom stereocenters. The highest BCUT2D eigenvalue weighted by Gasteiger charge is 2.37. The summed E-state index contributed by atoms with van der Waals surface area (Å²) in [4.78, 5) is 4.01. The van der Waals surface area contributed by atoms with Gasteiger partial charge in [-0.2, -0.15) is 0 Å². The minimum absolute atomic E-state index is 0.0215. The second-order valence-electron chi connectivity index (χ2n) is 4.89. The summed E-state index contributed by atoms with van der Waals surface area (Å²) in [6.07, 6.45) is 2.37. The van der Waals surface area contributed by atoms with E-state index in [0.29, 0.717) is 31.9 Å². The first-order valence-corrected chi connectivity index (χ1v) is 7.59. The lowest BCUT2D eigenvalue weighted by molar-refractivity contribution is 0.0222. The molecule has 0 bridgehead atoms. The van der Waals surface area contributed by atoms with E-state index in [1.165, 1.54) is 6.20 Å². The fourth-order valence-corrected chi connectivity index (χ4v) is 3.54. The predicted molar refractivity (Wildman–Crippen MR) is 68.1 cm³/mol. The molecule has 19 heavy (non-hydrogen) atoms. The highest BCUT2D eigenvalue weighted by molar-refractivity contribution is 7.89. The fraction of sp³-hybridized carbons (Fsp3) is 0.727. The van der Waals surface area contributed by atoms with Crippen LogP contribution in [0.15, 0.2) is 11.2 Å². The minimum atomic E-state index is -3.73. The Kier molecular flexibility index (Phi) is 3.95. The molecule has 0 spiro atoms. The fourth-order valence-electron chi connectivity index (χ4n) is 2.05. The Balaban J connectivity index is 2.24. The van der Waals surface area contributed by atoms with E-state index >= 15 is 0 Å². The van der Waals surface area contributed by atoms with E-state index < -0.39 is 15.6 Å². The molecule has 2 rings (SSSR count). The molecule has 0 saturated carbocycles. The van der Waals surface area contributed by atoms with Gasteiger partial charge in [-0.05, 0) is 19.8 Å². The molecule has 0 aromatic carbocycles. The van der Waals surface area contributed by atoms with Crippen LogP contribution < -0.4 is 4.72 Å². The topological polar surface area (TPSA) is 93.5 Å². The SMILES string of the molecule is Cc1nc(S(=O)(=O)NC2(CO)CCOCC2)cn1C. The Morgan fingerprint density at radius 1 is 1.53 bits per heavy atom. The van der Waals surface area contributed by atoms with Gasteiger partial charge < -0.3 is 14.4 Å². The van der Waals surface area contributed by atoms with E-state index in [1.54, 1.807) is 18.5 Å². The van der Waals surface area contributed by atoms with Crippen molar-refractivity contribution in [3.05, 3.63) is 12.0 Å². The zero-order chi connectivity index (χ0) is 14.1. The summed E-state index contributed by atoms with van der Waals surface area (Å²) in [5, 5.41) is 9.48. The van der Waals surface area contributed by atoms with Crippen molar-refractivity contribution in [1.29, 1.82) is 0 Å². The Bertz CT molecular complexity index is 527. The van der Waals surface area contributed by atoms with Crippen LogP contribution in [0.2, 0.25) is 0 Å². The lowest BCUT2D eigenvalue weighted by Crippen LogP contribution is -2.54. The van der Waals surface area contributed by atoms with Gasteiger partial charge in [0.15, 0.2) is 5.03 Å². The van der Waals surface area contributed by atoms with E-state index in [2.05, 4.69) is 9.71 Å². The average Bonchev–Trinajstić information content (AvgIpc) is 2.71. The highest BCUT2D eigenvalue weighted by Crippen LogP contribution is 2.23. The lowest BCUT2D eigenvalue weighted by atomic mass is 9.93. The standard InChI is InChI=1S/C11H19N3O4S/c1-9-12-10(7-14(9)2)19(16,17)13-11(8-15)3-5-18-6-4-11/h7,13,15H,3-6,8H2,1-2H3. The van der Waals surface area contributed by atoms with Gasteiger partial charge in [0.2, 0.25) is 0 Å². The Morgan fingerprint density at radius 2 is 2.16 bits per heavy atom. The molecule has 1 aliphatic rings. The van der Waals surface area contributed by atoms with E-state index in [0.717, 1.165) is 0 Å². The van der Waals surface area contributed by atoms with Gasteiger partial charge in [0.05, 0.1) is 12.1 Å². The molecular weight excluding hydrogens is 270 g/mol. The van der Waals surface area contributed by atoms with Crippen molar-refractivity contribution in [3.63, 3.8) is 0 Å². The summed E-state index contributed by atoms with van der Waals surface area (Å²) in [5.41, 5.74) is -0.845. The van der Waals surface area contributed by atoms with Gasteiger partial charge in [0, 0.05) is 26.5 Å². The number of aromatic nitrogens is 2. The number of aliphatic hydroxyl groups excluding tert-OH is 1. The van der Waals surface area contributed by atoms with Crippen LogP contribution in [-0.4, -0.2) is 48.4 Å². The largest absolute Gasteiger partial charge is 0.394 e. The molecule has 7 nitrogen and oxygen atoms in total. The van der Waals surface area contributed by atoms with Gasteiger partial charge in [0.25, 0.3) is 10.0 Å². The second kappa shape index (κ2) is 5.20. The first-order chi connectivity index (χ1) is 8.88. The summed E-state index contributed by atoms with van der Waals surface area (Å²) in [6.45, 7) is 2.35. The van der Waals surface area contributed by atoms with E-state index in [9.17, 15) is 13.5 Å². The number of imidazole rings is 1. The van der Waals surface area contributed by atoms with Crippen LogP contribution in [0.3, 0.4) is 0 Å². The molecular formula is C11H19N3O4S. The molecule has 8 heteroatoms. The van der Waals surface area contributed by atoms with Crippen molar-refractivity contribution in [2.75, 3.05) is 19.8 Å². The number of ether oxygens (including phenoxy) is 1. The van der Waals surface area contributed by atoms with Crippen LogP contribution in [0.5, 0.6) is 0 Å². The number of sulfonamides is 1. The van der Waals surface area contributed by atoms with E-state index in [1.807, 2.05) is 0 Å². The summed E-state index contributed by atoms with van der Waals surface area (Å²) in [6, 6.07) is 0. The summed E-state index contributed by atoms with van der Waals surface area (Å²) < 4.78 is 34.0. The molecule has 108 valence electrons. The number of aryl methyl sites for hydroxylation is 2. The molecule has 0 aliphatic carbocycles. The molecule has 2 N–H and O–H groups in total. The quantitative estimate of drug-likeness (QED) is 0.783. The monoisotopic (exact) mass is 289 g/mol. The summed E-state index contributed by atoms with van der Waals surface area (Å²) in [5.74, 6) is 0.616. The molecule has 0 radical (unpaired) electrons. The second-order valence-corrected chi connectivity index (χ2v) is 6.52. The van der Waals surface area contributed by atoms with Gasteiger partial charge in [-0.15, -0.1) is 0 Å². The molecule has 1 aromatic rings. The van der Waals surface area contributed by atoms with Crippen LogP contribution in [0, 0.1) is 6.92 Å². The average molecular weight is 289 g/mol. The molecule has 1 aromatic heterocycles. The molecule has 1 aliphatic heterocycles. The zero-order valence-corrected chi connectivity index (χ0v) is 11.9. The first-order valence-electron chi connectivity index (χ1n) is 6.11. The van der Waals surface area contributed by atoms with Crippen molar-refractivity contribution in [2.24, 2.45) is 7.05 Å². The maximum atomic E-state index is 12.3. The third-order valence-corrected chi connectivity index (χ3v) is 4.91. The molecule has 0 unspecified atom stereocenters. The van der Waals surface area contributed by atoms with Crippen molar-refractivity contribution >= 4 is 10.0 Å². The predicted octanol–water partition coefficient (Wildman–Crippen LogP) is -0.452. The van der Waals surface area contributed by atoms with Crippen LogP contribution >= 0.6 is 0 Å². The Labute approximate surface area is 112 Å². The molecule has 1 fully saturated rings. The summed E-state index contributed by atoms with van der Waals surface area (Å²) in [7, 11) is -2.00. The van der Waals surface area contributed by atoms with Gasteiger partial charge >= 0.3 is 0 Å². The third-order valence-electron chi connectivity index (χ3n) is 3.47. The molecule has 1 saturated heterocycles. The Hall–Kier alpha value is -0.960. The maximum Gasteiger partial charge on any atom is 0.260 e. The number of hydrogen-bond donors (Lipinski definition) is 2. The lowest BCUT2D eigenvalue weighted by Gasteiger charge is -2.35.